The summed E-state index contributed by atoms with van der Waals surface area (Å²) in [6, 6.07) is -0.356. The highest BCUT2D eigenvalue weighted by Gasteiger charge is 2.26. The summed E-state index contributed by atoms with van der Waals surface area (Å²) < 4.78 is 0. The maximum Gasteiger partial charge on any atom is 0.239 e. The molecule has 0 aromatic rings. The van der Waals surface area contributed by atoms with Gasteiger partial charge in [-0.2, -0.15) is 0 Å². The maximum atomic E-state index is 11.8. The maximum absolute atomic E-state index is 11.8. The van der Waals surface area contributed by atoms with E-state index in [2.05, 4.69) is 0 Å². The zero-order valence-corrected chi connectivity index (χ0v) is 10.2. The molecule has 0 radical (unpaired) electrons. The van der Waals surface area contributed by atoms with E-state index in [1.54, 1.807) is 4.90 Å². The number of carbonyl (C=O) groups is 2. The predicted octanol–water partition coefficient (Wildman–Crippen LogP) is -0.0514. The largest absolute Gasteiger partial charge is 0.343 e. The van der Waals surface area contributed by atoms with Crippen LogP contribution in [0.5, 0.6) is 0 Å². The van der Waals surface area contributed by atoms with Gasteiger partial charge in [0.25, 0.3) is 0 Å². The molecule has 0 spiro atoms. The molecule has 0 bridgehead atoms. The zero-order chi connectivity index (χ0) is 12.3. The van der Waals surface area contributed by atoms with E-state index in [1.165, 1.54) is 0 Å². The van der Waals surface area contributed by atoms with Crippen LogP contribution < -0.4 is 5.73 Å². The van der Waals surface area contributed by atoms with Gasteiger partial charge in [-0.1, -0.05) is 0 Å². The van der Waals surface area contributed by atoms with Crippen molar-refractivity contribution in [1.29, 1.82) is 0 Å². The second kappa shape index (κ2) is 5.49. The molecule has 2 fully saturated rings. The van der Waals surface area contributed by atoms with Gasteiger partial charge < -0.3 is 15.5 Å². The Morgan fingerprint density at radius 1 is 1.24 bits per heavy atom. The molecule has 2 aliphatic rings. The minimum absolute atomic E-state index is 0.00507. The molecule has 0 aliphatic carbocycles. The summed E-state index contributed by atoms with van der Waals surface area (Å²) in [5.41, 5.74) is 5.71. The van der Waals surface area contributed by atoms with Crippen molar-refractivity contribution in [2.45, 2.75) is 38.1 Å². The van der Waals surface area contributed by atoms with E-state index in [4.69, 9.17) is 5.73 Å². The average molecular weight is 239 g/mol. The minimum Gasteiger partial charge on any atom is -0.343 e. The Hall–Kier alpha value is -1.10. The topological polar surface area (TPSA) is 66.6 Å². The molecule has 0 aromatic carbocycles. The molecule has 2 saturated heterocycles. The molecule has 5 nitrogen and oxygen atoms in total. The Bertz CT molecular complexity index is 300. The van der Waals surface area contributed by atoms with Crippen LogP contribution >= 0.6 is 0 Å². The lowest BCUT2D eigenvalue weighted by atomic mass is 10.1. The van der Waals surface area contributed by atoms with Gasteiger partial charge in [0.1, 0.15) is 0 Å². The third kappa shape index (κ3) is 2.97. The lowest BCUT2D eigenvalue weighted by Crippen LogP contribution is -2.49. The molecular weight excluding hydrogens is 218 g/mol. The molecule has 2 heterocycles. The van der Waals surface area contributed by atoms with Crippen LogP contribution in [0.3, 0.4) is 0 Å². The van der Waals surface area contributed by atoms with E-state index in [1.807, 2.05) is 4.90 Å². The van der Waals surface area contributed by atoms with Crippen LogP contribution in [-0.2, 0) is 9.59 Å². The molecule has 5 heteroatoms. The minimum atomic E-state index is -0.356. The van der Waals surface area contributed by atoms with Crippen molar-refractivity contribution >= 4 is 11.8 Å². The highest BCUT2D eigenvalue weighted by Crippen LogP contribution is 2.12. The number of carbonyl (C=O) groups excluding carboxylic acids is 2. The van der Waals surface area contributed by atoms with E-state index in [-0.39, 0.29) is 17.9 Å². The van der Waals surface area contributed by atoms with Crippen molar-refractivity contribution in [2.75, 3.05) is 26.2 Å². The van der Waals surface area contributed by atoms with Gasteiger partial charge in [-0.25, -0.2) is 0 Å². The number of nitrogens with two attached hydrogens (primary N) is 1. The molecule has 17 heavy (non-hydrogen) atoms. The van der Waals surface area contributed by atoms with Gasteiger partial charge in [-0.3, -0.25) is 9.59 Å². The number of hydrogen-bond donors (Lipinski definition) is 1. The molecule has 2 rings (SSSR count). The van der Waals surface area contributed by atoms with Crippen LogP contribution in [0.25, 0.3) is 0 Å². The van der Waals surface area contributed by atoms with Gasteiger partial charge in [0.05, 0.1) is 6.04 Å². The summed E-state index contributed by atoms with van der Waals surface area (Å²) in [6.07, 6.45) is 4.39. The van der Waals surface area contributed by atoms with Gasteiger partial charge in [0.15, 0.2) is 0 Å². The van der Waals surface area contributed by atoms with E-state index in [0.717, 1.165) is 45.3 Å². The molecule has 0 aromatic heterocycles. The van der Waals surface area contributed by atoms with Crippen molar-refractivity contribution in [3.05, 3.63) is 0 Å². The molecule has 1 unspecified atom stereocenters. The summed E-state index contributed by atoms with van der Waals surface area (Å²) in [5, 5.41) is 0. The summed E-state index contributed by atoms with van der Waals surface area (Å²) in [6.45, 7) is 3.04. The molecule has 96 valence electrons. The summed E-state index contributed by atoms with van der Waals surface area (Å²) >= 11 is 0. The number of hydrogen-bond acceptors (Lipinski definition) is 3. The first-order chi connectivity index (χ1) is 8.18. The lowest BCUT2D eigenvalue weighted by Gasteiger charge is -2.30. The number of likely N-dealkylation sites (tertiary alicyclic amines) is 2. The van der Waals surface area contributed by atoms with Gasteiger partial charge >= 0.3 is 0 Å². The van der Waals surface area contributed by atoms with Crippen LogP contribution in [0, 0.1) is 0 Å². The first-order valence-electron chi connectivity index (χ1n) is 6.50. The monoisotopic (exact) mass is 239 g/mol. The fraction of sp³-hybridized carbons (Fsp3) is 0.833. The summed E-state index contributed by atoms with van der Waals surface area (Å²) in [4.78, 5) is 27.2. The quantitative estimate of drug-likeness (QED) is 0.751. The highest BCUT2D eigenvalue weighted by molar-refractivity contribution is 5.83. The number of nitrogens with zero attached hydrogens (tertiary/aromatic N) is 2. The standard InChI is InChI=1S/C12H21N3O2/c13-10-4-3-8-15(12(10)17)9-5-11(16)14-6-1-2-7-14/h10H,1-9,13H2. The Balaban J connectivity index is 1.77. The van der Waals surface area contributed by atoms with Crippen molar-refractivity contribution in [1.82, 2.24) is 9.80 Å². The summed E-state index contributed by atoms with van der Waals surface area (Å²) in [5.74, 6) is 0.180. The zero-order valence-electron chi connectivity index (χ0n) is 10.2. The van der Waals surface area contributed by atoms with Crippen LogP contribution in [0.2, 0.25) is 0 Å². The van der Waals surface area contributed by atoms with Gasteiger partial charge in [-0.05, 0) is 25.7 Å². The first kappa shape index (κ1) is 12.4. The number of rotatable bonds is 3. The second-order valence-electron chi connectivity index (χ2n) is 4.91. The average Bonchev–Trinajstić information content (AvgIpc) is 2.84. The molecular formula is C12H21N3O2. The van der Waals surface area contributed by atoms with Crippen molar-refractivity contribution in [3.63, 3.8) is 0 Å². The third-order valence-electron chi connectivity index (χ3n) is 3.63. The van der Waals surface area contributed by atoms with Crippen molar-refractivity contribution in [3.8, 4) is 0 Å². The second-order valence-corrected chi connectivity index (χ2v) is 4.91. The first-order valence-corrected chi connectivity index (χ1v) is 6.50. The Morgan fingerprint density at radius 3 is 2.65 bits per heavy atom. The third-order valence-corrected chi connectivity index (χ3v) is 3.63. The van der Waals surface area contributed by atoms with Crippen LogP contribution in [0.1, 0.15) is 32.1 Å². The summed E-state index contributed by atoms with van der Waals surface area (Å²) in [7, 11) is 0. The Labute approximate surface area is 102 Å². The van der Waals surface area contributed by atoms with Gasteiger partial charge in [-0.15, -0.1) is 0 Å². The fourth-order valence-corrected chi connectivity index (χ4v) is 2.55. The molecule has 1 atom stereocenters. The smallest absolute Gasteiger partial charge is 0.239 e. The van der Waals surface area contributed by atoms with Crippen LogP contribution in [-0.4, -0.2) is 53.8 Å². The molecule has 0 saturated carbocycles. The van der Waals surface area contributed by atoms with Gasteiger partial charge in [0.2, 0.25) is 11.8 Å². The number of piperidine rings is 1. The molecule has 2 aliphatic heterocycles. The Kier molecular flexibility index (Phi) is 3.99. The predicted molar refractivity (Wildman–Crippen MR) is 64.2 cm³/mol. The number of amides is 2. The SMILES string of the molecule is NC1CCCN(CCC(=O)N2CCCC2)C1=O. The lowest BCUT2D eigenvalue weighted by molar-refractivity contribution is -0.136. The fourth-order valence-electron chi connectivity index (χ4n) is 2.55. The van der Waals surface area contributed by atoms with E-state index in [0.29, 0.717) is 13.0 Å². The van der Waals surface area contributed by atoms with Crippen LogP contribution in [0.4, 0.5) is 0 Å². The molecule has 2 N–H and O–H groups in total. The normalized spacial score (nSPS) is 25.5. The van der Waals surface area contributed by atoms with Crippen molar-refractivity contribution < 1.29 is 9.59 Å². The van der Waals surface area contributed by atoms with Gasteiger partial charge in [0, 0.05) is 32.6 Å². The molecule has 2 amide bonds. The van der Waals surface area contributed by atoms with Crippen LogP contribution in [0.15, 0.2) is 0 Å². The van der Waals surface area contributed by atoms with E-state index in [9.17, 15) is 9.59 Å². The Morgan fingerprint density at radius 2 is 1.94 bits per heavy atom. The van der Waals surface area contributed by atoms with Crippen molar-refractivity contribution in [2.24, 2.45) is 5.73 Å². The highest BCUT2D eigenvalue weighted by atomic mass is 16.2. The van der Waals surface area contributed by atoms with E-state index >= 15 is 0 Å². The van der Waals surface area contributed by atoms with E-state index < -0.39 is 0 Å².